The number of carboxylic acids is 1. The minimum absolute atomic E-state index is 0.297. The molecule has 0 aliphatic carbocycles. The highest BCUT2D eigenvalue weighted by Gasteiger charge is 2.34. The molecule has 0 amide bonds. The van der Waals surface area contributed by atoms with Gasteiger partial charge in [0.1, 0.15) is 6.04 Å². The largest absolute Gasteiger partial charge is 0.480 e. The second-order valence-corrected chi connectivity index (χ2v) is 3.31. The van der Waals surface area contributed by atoms with Crippen LogP contribution in [0, 0.1) is 0 Å². The molecule has 2 N–H and O–H groups in total. The van der Waals surface area contributed by atoms with Crippen LogP contribution < -0.4 is 0 Å². The summed E-state index contributed by atoms with van der Waals surface area (Å²) in [4.78, 5) is 12.4. The Balaban J connectivity index is 2.55. The first-order chi connectivity index (χ1) is 6.15. The van der Waals surface area contributed by atoms with Crippen molar-refractivity contribution < 1.29 is 15.0 Å². The van der Waals surface area contributed by atoms with E-state index in [4.69, 9.17) is 16.7 Å². The number of hydrogen-bond acceptors (Lipinski definition) is 3. The topological polar surface area (TPSA) is 60.8 Å². The number of aliphatic hydroxyl groups excluding tert-OH is 1. The number of β-amino-alcohol motifs (C(OH)–C–C–N with tert-alkyl or cyclic N) is 1. The van der Waals surface area contributed by atoms with Gasteiger partial charge in [0.15, 0.2) is 0 Å². The molecule has 1 heterocycles. The summed E-state index contributed by atoms with van der Waals surface area (Å²) in [7, 11) is 0. The number of hydrogen-bond donors (Lipinski definition) is 2. The molecule has 0 saturated carbocycles. The SMILES string of the molecule is O=C(O)C1CC(O)CN1C/C=C/Cl. The van der Waals surface area contributed by atoms with Crippen LogP contribution in [0.5, 0.6) is 0 Å². The lowest BCUT2D eigenvalue weighted by Crippen LogP contribution is -2.35. The molecule has 0 bridgehead atoms. The van der Waals surface area contributed by atoms with Crippen molar-refractivity contribution in [3.8, 4) is 0 Å². The molecule has 13 heavy (non-hydrogen) atoms. The maximum atomic E-state index is 10.7. The van der Waals surface area contributed by atoms with Gasteiger partial charge >= 0.3 is 5.97 Å². The first-order valence-corrected chi connectivity index (χ1v) is 4.49. The third-order valence-corrected chi connectivity index (χ3v) is 2.27. The maximum absolute atomic E-state index is 10.7. The third kappa shape index (κ3) is 2.69. The molecule has 0 aromatic heterocycles. The van der Waals surface area contributed by atoms with Gasteiger partial charge in [-0.15, -0.1) is 0 Å². The van der Waals surface area contributed by atoms with Gasteiger partial charge in [-0.2, -0.15) is 0 Å². The molecule has 0 aromatic rings. The number of nitrogens with zero attached hydrogens (tertiary/aromatic N) is 1. The van der Waals surface area contributed by atoms with Crippen molar-refractivity contribution in [3.63, 3.8) is 0 Å². The molecule has 4 nitrogen and oxygen atoms in total. The first kappa shape index (κ1) is 10.5. The van der Waals surface area contributed by atoms with Gasteiger partial charge in [-0.25, -0.2) is 0 Å². The fraction of sp³-hybridized carbons (Fsp3) is 0.625. The van der Waals surface area contributed by atoms with Crippen molar-refractivity contribution in [2.24, 2.45) is 0 Å². The van der Waals surface area contributed by atoms with Gasteiger partial charge < -0.3 is 10.2 Å². The molecule has 2 unspecified atom stereocenters. The normalized spacial score (nSPS) is 30.0. The Morgan fingerprint density at radius 1 is 1.69 bits per heavy atom. The van der Waals surface area contributed by atoms with Crippen LogP contribution in [0.2, 0.25) is 0 Å². The van der Waals surface area contributed by atoms with Gasteiger partial charge in [-0.3, -0.25) is 9.69 Å². The van der Waals surface area contributed by atoms with Crippen molar-refractivity contribution >= 4 is 17.6 Å². The Hall–Kier alpha value is -0.580. The molecule has 74 valence electrons. The summed E-state index contributed by atoms with van der Waals surface area (Å²) < 4.78 is 0. The highest BCUT2D eigenvalue weighted by Crippen LogP contribution is 2.17. The van der Waals surface area contributed by atoms with E-state index in [1.807, 2.05) is 0 Å². The van der Waals surface area contributed by atoms with Crippen molar-refractivity contribution in [3.05, 3.63) is 11.6 Å². The van der Waals surface area contributed by atoms with E-state index in [2.05, 4.69) is 0 Å². The molecular weight excluding hydrogens is 194 g/mol. The van der Waals surface area contributed by atoms with Crippen LogP contribution >= 0.6 is 11.6 Å². The number of carboxylic acid groups (broad SMARTS) is 1. The Kier molecular flexibility index (Phi) is 3.71. The van der Waals surface area contributed by atoms with E-state index in [1.165, 1.54) is 5.54 Å². The Morgan fingerprint density at radius 3 is 2.92 bits per heavy atom. The van der Waals surface area contributed by atoms with Crippen LogP contribution in [-0.4, -0.2) is 46.3 Å². The standard InChI is InChI=1S/C8H12ClNO3/c9-2-1-3-10-5-6(11)4-7(10)8(12)13/h1-2,6-7,11H,3-5H2,(H,12,13)/b2-1+. The van der Waals surface area contributed by atoms with Crippen molar-refractivity contribution in [2.45, 2.75) is 18.6 Å². The number of aliphatic carboxylic acids is 1. The Morgan fingerprint density at radius 2 is 2.38 bits per heavy atom. The molecule has 1 rings (SSSR count). The number of rotatable bonds is 3. The van der Waals surface area contributed by atoms with E-state index in [1.54, 1.807) is 11.0 Å². The van der Waals surface area contributed by atoms with E-state index in [0.717, 1.165) is 0 Å². The zero-order chi connectivity index (χ0) is 9.84. The molecule has 1 fully saturated rings. The van der Waals surface area contributed by atoms with Gasteiger partial charge in [-0.05, 0) is 0 Å². The summed E-state index contributed by atoms with van der Waals surface area (Å²) in [6.07, 6.45) is 1.42. The summed E-state index contributed by atoms with van der Waals surface area (Å²) in [5.41, 5.74) is 1.35. The van der Waals surface area contributed by atoms with E-state index in [-0.39, 0.29) is 0 Å². The zero-order valence-corrected chi connectivity index (χ0v) is 7.81. The van der Waals surface area contributed by atoms with Crippen molar-refractivity contribution in [2.75, 3.05) is 13.1 Å². The molecule has 1 aliphatic heterocycles. The van der Waals surface area contributed by atoms with E-state index >= 15 is 0 Å². The predicted octanol–water partition coefficient (Wildman–Crippen LogP) is 0.259. The van der Waals surface area contributed by atoms with E-state index in [0.29, 0.717) is 19.5 Å². The van der Waals surface area contributed by atoms with Gasteiger partial charge in [0.05, 0.1) is 6.10 Å². The Labute approximate surface area is 81.4 Å². The molecule has 5 heteroatoms. The van der Waals surface area contributed by atoms with Crippen LogP contribution in [0.3, 0.4) is 0 Å². The lowest BCUT2D eigenvalue weighted by atomic mass is 10.2. The average molecular weight is 206 g/mol. The van der Waals surface area contributed by atoms with Crippen LogP contribution in [0.4, 0.5) is 0 Å². The monoisotopic (exact) mass is 205 g/mol. The van der Waals surface area contributed by atoms with Crippen LogP contribution in [0.15, 0.2) is 11.6 Å². The minimum atomic E-state index is -0.889. The van der Waals surface area contributed by atoms with E-state index < -0.39 is 18.1 Å². The summed E-state index contributed by atoms with van der Waals surface area (Å²) in [6, 6.07) is -0.581. The summed E-state index contributed by atoms with van der Waals surface area (Å²) in [6.45, 7) is 0.871. The zero-order valence-electron chi connectivity index (χ0n) is 7.06. The van der Waals surface area contributed by atoms with Crippen LogP contribution in [-0.2, 0) is 4.79 Å². The third-order valence-electron chi connectivity index (χ3n) is 2.10. The van der Waals surface area contributed by atoms with Gasteiger partial charge in [-0.1, -0.05) is 17.7 Å². The van der Waals surface area contributed by atoms with Crippen molar-refractivity contribution in [1.82, 2.24) is 4.90 Å². The molecule has 0 spiro atoms. The fourth-order valence-corrected chi connectivity index (χ4v) is 1.59. The summed E-state index contributed by atoms with van der Waals surface area (Å²) >= 11 is 5.33. The molecular formula is C8H12ClNO3. The van der Waals surface area contributed by atoms with E-state index in [9.17, 15) is 9.90 Å². The lowest BCUT2D eigenvalue weighted by Gasteiger charge is -2.17. The minimum Gasteiger partial charge on any atom is -0.480 e. The number of carbonyl (C=O) groups is 1. The molecule has 0 aromatic carbocycles. The predicted molar refractivity (Wildman–Crippen MR) is 48.6 cm³/mol. The lowest BCUT2D eigenvalue weighted by molar-refractivity contribution is -0.142. The summed E-state index contributed by atoms with van der Waals surface area (Å²) in [5.74, 6) is -0.889. The second kappa shape index (κ2) is 4.60. The molecule has 1 aliphatic rings. The molecule has 2 atom stereocenters. The van der Waals surface area contributed by atoms with Crippen molar-refractivity contribution in [1.29, 1.82) is 0 Å². The smallest absolute Gasteiger partial charge is 0.321 e. The summed E-state index contributed by atoms with van der Waals surface area (Å²) in [5, 5.41) is 18.0. The highest BCUT2D eigenvalue weighted by atomic mass is 35.5. The highest BCUT2D eigenvalue weighted by molar-refractivity contribution is 6.25. The van der Waals surface area contributed by atoms with Gasteiger partial charge in [0.25, 0.3) is 0 Å². The fourth-order valence-electron chi connectivity index (χ4n) is 1.51. The average Bonchev–Trinajstić information content (AvgIpc) is 2.43. The molecule has 0 radical (unpaired) electrons. The Bertz CT molecular complexity index is 219. The van der Waals surface area contributed by atoms with Gasteiger partial charge in [0.2, 0.25) is 0 Å². The maximum Gasteiger partial charge on any atom is 0.321 e. The molecule has 1 saturated heterocycles. The number of likely N-dealkylation sites (tertiary alicyclic amines) is 1. The second-order valence-electron chi connectivity index (χ2n) is 3.06. The number of aliphatic hydroxyl groups is 1. The van der Waals surface area contributed by atoms with Crippen LogP contribution in [0.1, 0.15) is 6.42 Å². The van der Waals surface area contributed by atoms with Crippen LogP contribution in [0.25, 0.3) is 0 Å². The quantitative estimate of drug-likeness (QED) is 0.694. The van der Waals surface area contributed by atoms with Gasteiger partial charge in [0, 0.05) is 25.0 Å². The number of halogens is 1. The first-order valence-electron chi connectivity index (χ1n) is 4.05.